The molecule has 0 N–H and O–H groups in total. The van der Waals surface area contributed by atoms with E-state index in [1.54, 1.807) is 18.2 Å². The third-order valence-electron chi connectivity index (χ3n) is 3.77. The Labute approximate surface area is 134 Å². The molecule has 0 aliphatic rings. The molecule has 2 aromatic carbocycles. The molecule has 0 aliphatic carbocycles. The molecule has 3 heteroatoms. The molecule has 0 fully saturated rings. The monoisotopic (exact) mass is 309 g/mol. The van der Waals surface area contributed by atoms with Gasteiger partial charge in [0.15, 0.2) is 5.82 Å². The Balaban J connectivity index is 2.23. The van der Waals surface area contributed by atoms with Crippen LogP contribution in [0.25, 0.3) is 22.4 Å². The van der Waals surface area contributed by atoms with Crippen LogP contribution in [-0.4, -0.2) is 4.98 Å². The lowest BCUT2D eigenvalue weighted by Crippen LogP contribution is -2.00. The van der Waals surface area contributed by atoms with Crippen LogP contribution >= 0.6 is 0 Å². The van der Waals surface area contributed by atoms with Crippen molar-refractivity contribution >= 4 is 0 Å². The first-order valence-electron chi connectivity index (χ1n) is 7.58. The topological polar surface area (TPSA) is 12.9 Å². The van der Waals surface area contributed by atoms with Gasteiger partial charge in [0.2, 0.25) is 0 Å². The highest BCUT2D eigenvalue weighted by molar-refractivity contribution is 5.72. The fraction of sp³-hybridized carbons (Fsp3) is 0.150. The maximum absolute atomic E-state index is 15.0. The van der Waals surface area contributed by atoms with E-state index >= 15 is 4.39 Å². The molecule has 0 spiro atoms. The highest BCUT2D eigenvalue weighted by Gasteiger charge is 2.17. The van der Waals surface area contributed by atoms with Crippen molar-refractivity contribution in [3.05, 3.63) is 78.0 Å². The number of benzene rings is 2. The number of halogens is 2. The summed E-state index contributed by atoms with van der Waals surface area (Å²) in [5.41, 5.74) is 2.96. The maximum Gasteiger partial charge on any atom is 0.157 e. The Bertz CT molecular complexity index is 809. The van der Waals surface area contributed by atoms with E-state index in [4.69, 9.17) is 0 Å². The smallest absolute Gasteiger partial charge is 0.157 e. The van der Waals surface area contributed by atoms with Gasteiger partial charge < -0.3 is 0 Å². The van der Waals surface area contributed by atoms with E-state index in [0.717, 1.165) is 11.3 Å². The van der Waals surface area contributed by atoms with Crippen LogP contribution in [0, 0.1) is 11.6 Å². The van der Waals surface area contributed by atoms with Gasteiger partial charge in [-0.25, -0.2) is 13.8 Å². The van der Waals surface area contributed by atoms with Crippen molar-refractivity contribution in [1.82, 2.24) is 4.98 Å². The molecule has 0 radical (unpaired) electrons. The average Bonchev–Trinajstić information content (AvgIpc) is 2.56. The first kappa shape index (κ1) is 15.3. The summed E-state index contributed by atoms with van der Waals surface area (Å²) >= 11 is 0. The number of nitrogens with zero attached hydrogens (tertiary/aromatic N) is 1. The summed E-state index contributed by atoms with van der Waals surface area (Å²) in [6.07, 6.45) is 0. The van der Waals surface area contributed by atoms with Crippen LogP contribution in [0.15, 0.2) is 60.7 Å². The lowest BCUT2D eigenvalue weighted by Gasteiger charge is -2.13. The largest absolute Gasteiger partial charge is 0.249 e. The predicted molar refractivity (Wildman–Crippen MR) is 89.1 cm³/mol. The molecule has 1 nitrogen and oxygen atoms in total. The predicted octanol–water partition coefficient (Wildman–Crippen LogP) is 5.82. The standard InChI is InChI=1S/C20H17F2N/c1-13(2)18-12-17(14-8-10-16(21)11-9-14)19(22)20(23-18)15-6-4-3-5-7-15/h3-13H,1-2H3. The van der Waals surface area contributed by atoms with Crippen LogP contribution in [0.1, 0.15) is 25.5 Å². The lowest BCUT2D eigenvalue weighted by molar-refractivity contribution is 0.623. The number of hydrogen-bond acceptors (Lipinski definition) is 1. The molecule has 0 saturated heterocycles. The summed E-state index contributed by atoms with van der Waals surface area (Å²) in [5.74, 6) is -0.556. The van der Waals surface area contributed by atoms with Crippen LogP contribution in [0.4, 0.5) is 8.78 Å². The first-order chi connectivity index (χ1) is 11.1. The summed E-state index contributed by atoms with van der Waals surface area (Å²) in [5, 5.41) is 0. The summed E-state index contributed by atoms with van der Waals surface area (Å²) in [6.45, 7) is 4.03. The van der Waals surface area contributed by atoms with E-state index in [0.29, 0.717) is 16.8 Å². The normalized spacial score (nSPS) is 11.0. The molecule has 3 rings (SSSR count). The van der Waals surface area contributed by atoms with Gasteiger partial charge in [0, 0.05) is 16.8 Å². The molecule has 116 valence electrons. The van der Waals surface area contributed by atoms with Crippen molar-refractivity contribution in [2.24, 2.45) is 0 Å². The third kappa shape index (κ3) is 3.14. The second kappa shape index (κ2) is 6.29. The van der Waals surface area contributed by atoms with Gasteiger partial charge in [-0.2, -0.15) is 0 Å². The van der Waals surface area contributed by atoms with Gasteiger partial charge in [0.05, 0.1) is 0 Å². The van der Waals surface area contributed by atoms with E-state index in [1.807, 2.05) is 44.2 Å². The van der Waals surface area contributed by atoms with E-state index in [1.165, 1.54) is 12.1 Å². The SMILES string of the molecule is CC(C)c1cc(-c2ccc(F)cc2)c(F)c(-c2ccccc2)n1. The van der Waals surface area contributed by atoms with E-state index in [9.17, 15) is 4.39 Å². The third-order valence-corrected chi connectivity index (χ3v) is 3.77. The Kier molecular flexibility index (Phi) is 4.20. The molecule has 3 aromatic rings. The van der Waals surface area contributed by atoms with Crippen LogP contribution < -0.4 is 0 Å². The summed E-state index contributed by atoms with van der Waals surface area (Å²) in [7, 11) is 0. The minimum atomic E-state index is -0.382. The van der Waals surface area contributed by atoms with Crippen LogP contribution in [0.2, 0.25) is 0 Å². The Morgan fingerprint density at radius 3 is 2.09 bits per heavy atom. The maximum atomic E-state index is 15.0. The van der Waals surface area contributed by atoms with Gasteiger partial charge in [-0.05, 0) is 29.7 Å². The number of pyridine rings is 1. The fourth-order valence-electron chi connectivity index (χ4n) is 2.47. The summed E-state index contributed by atoms with van der Waals surface area (Å²) in [6, 6.07) is 16.9. The molecule has 0 amide bonds. The molecule has 0 unspecified atom stereocenters. The van der Waals surface area contributed by atoms with Crippen molar-refractivity contribution in [3.8, 4) is 22.4 Å². The van der Waals surface area contributed by atoms with Crippen molar-refractivity contribution in [2.45, 2.75) is 19.8 Å². The minimum Gasteiger partial charge on any atom is -0.249 e. The Hall–Kier alpha value is -2.55. The van der Waals surface area contributed by atoms with Crippen molar-refractivity contribution in [1.29, 1.82) is 0 Å². The van der Waals surface area contributed by atoms with Gasteiger partial charge >= 0.3 is 0 Å². The van der Waals surface area contributed by atoms with E-state index in [-0.39, 0.29) is 17.6 Å². The molecular weight excluding hydrogens is 292 g/mol. The van der Waals surface area contributed by atoms with Gasteiger partial charge in [-0.1, -0.05) is 56.3 Å². The quantitative estimate of drug-likeness (QED) is 0.594. The summed E-state index contributed by atoms with van der Waals surface area (Å²) < 4.78 is 28.2. The second-order valence-electron chi connectivity index (χ2n) is 5.78. The van der Waals surface area contributed by atoms with Crippen molar-refractivity contribution in [2.75, 3.05) is 0 Å². The minimum absolute atomic E-state index is 0.164. The van der Waals surface area contributed by atoms with Gasteiger partial charge in [0.25, 0.3) is 0 Å². The molecule has 0 atom stereocenters. The van der Waals surface area contributed by atoms with Crippen LogP contribution in [0.3, 0.4) is 0 Å². The molecule has 1 heterocycles. The van der Waals surface area contributed by atoms with Gasteiger partial charge in [-0.15, -0.1) is 0 Å². The Morgan fingerprint density at radius 2 is 1.48 bits per heavy atom. The van der Waals surface area contributed by atoms with Crippen LogP contribution in [-0.2, 0) is 0 Å². The number of rotatable bonds is 3. The van der Waals surface area contributed by atoms with Gasteiger partial charge in [-0.3, -0.25) is 0 Å². The number of hydrogen-bond donors (Lipinski definition) is 0. The zero-order chi connectivity index (χ0) is 16.4. The molecule has 1 aromatic heterocycles. The zero-order valence-corrected chi connectivity index (χ0v) is 13.1. The highest BCUT2D eigenvalue weighted by atomic mass is 19.1. The Morgan fingerprint density at radius 1 is 0.826 bits per heavy atom. The van der Waals surface area contributed by atoms with Gasteiger partial charge in [0.1, 0.15) is 11.5 Å². The lowest BCUT2D eigenvalue weighted by atomic mass is 9.98. The molecular formula is C20H17F2N. The van der Waals surface area contributed by atoms with E-state index in [2.05, 4.69) is 4.98 Å². The average molecular weight is 309 g/mol. The second-order valence-corrected chi connectivity index (χ2v) is 5.78. The summed E-state index contributed by atoms with van der Waals surface area (Å²) in [4.78, 5) is 4.50. The van der Waals surface area contributed by atoms with Crippen molar-refractivity contribution < 1.29 is 8.78 Å². The molecule has 23 heavy (non-hydrogen) atoms. The zero-order valence-electron chi connectivity index (χ0n) is 13.1. The number of aromatic nitrogens is 1. The first-order valence-corrected chi connectivity index (χ1v) is 7.58. The molecule has 0 bridgehead atoms. The van der Waals surface area contributed by atoms with Crippen molar-refractivity contribution in [3.63, 3.8) is 0 Å². The molecule has 0 saturated carbocycles. The van der Waals surface area contributed by atoms with E-state index < -0.39 is 0 Å². The molecule has 0 aliphatic heterocycles. The fourth-order valence-corrected chi connectivity index (χ4v) is 2.47. The highest BCUT2D eigenvalue weighted by Crippen LogP contribution is 2.32. The van der Waals surface area contributed by atoms with Crippen LogP contribution in [0.5, 0.6) is 0 Å².